The molecule has 1 unspecified atom stereocenters. The third-order valence-electron chi connectivity index (χ3n) is 10.3. The number of hydrogen-bond acceptors (Lipinski definition) is 1. The number of hydrogen-bond donors (Lipinski definition) is 0. The Morgan fingerprint density at radius 1 is 0.407 bits per heavy atom. The Kier molecular flexibility index (Phi) is 3.63. The van der Waals surface area contributed by atoms with Crippen LogP contribution >= 0.6 is 0 Å². The van der Waals surface area contributed by atoms with Crippen molar-refractivity contribution in [2.24, 2.45) is 0 Å². The Bertz CT molecular complexity index is 4060. The second-order valence-corrected chi connectivity index (χ2v) is 13.6. The molecule has 54 heavy (non-hydrogen) atoms. The van der Waals surface area contributed by atoms with Crippen molar-refractivity contribution in [3.8, 4) is 44.5 Å². The summed E-state index contributed by atoms with van der Waals surface area (Å²) in [7, 11) is 0. The molecule has 0 bridgehead atoms. The fourth-order valence-electron chi connectivity index (χ4n) is 7.56. The molecule has 2 aliphatic carbocycles. The van der Waals surface area contributed by atoms with Crippen LogP contribution < -0.4 is 4.90 Å². The Hall–Kier alpha value is -6.44. The maximum Gasteiger partial charge on any atom is 0.0648 e. The fourth-order valence-corrected chi connectivity index (χ4v) is 7.56. The lowest BCUT2D eigenvalue weighted by Gasteiger charge is -2.32. The Labute approximate surface area is 352 Å². The largest absolute Gasteiger partial charge is 0.310 e. The van der Waals surface area contributed by atoms with Gasteiger partial charge in [0.15, 0.2) is 0 Å². The molecule has 0 amide bonds. The van der Waals surface area contributed by atoms with E-state index in [-0.39, 0.29) is 97.0 Å². The van der Waals surface area contributed by atoms with E-state index in [9.17, 15) is 15.1 Å². The van der Waals surface area contributed by atoms with Crippen molar-refractivity contribution in [3.05, 3.63) is 221 Å². The van der Waals surface area contributed by atoms with Gasteiger partial charge >= 0.3 is 0 Å². The van der Waals surface area contributed by atoms with E-state index in [0.29, 0.717) is 0 Å². The summed E-state index contributed by atoms with van der Waals surface area (Å²) >= 11 is 0. The monoisotopic (exact) mass is 715 g/mol. The molecule has 0 fully saturated rings. The first-order valence-corrected chi connectivity index (χ1v) is 17.0. The maximum absolute atomic E-state index is 10.2. The Balaban J connectivity index is 1.33. The van der Waals surface area contributed by atoms with Gasteiger partial charge < -0.3 is 4.90 Å². The van der Waals surface area contributed by atoms with Crippen LogP contribution in [0.3, 0.4) is 0 Å². The average molecular weight is 716 g/mol. The first-order valence-electron chi connectivity index (χ1n) is 29.0. The summed E-state index contributed by atoms with van der Waals surface area (Å²) in [6.07, 6.45) is 0. The first-order chi connectivity index (χ1) is 36.3. The van der Waals surface area contributed by atoms with E-state index >= 15 is 0 Å². The van der Waals surface area contributed by atoms with Gasteiger partial charge in [0, 0.05) is 27.9 Å². The summed E-state index contributed by atoms with van der Waals surface area (Å²) in [6.45, 7) is 4.81. The van der Waals surface area contributed by atoms with Gasteiger partial charge in [-0.3, -0.25) is 0 Å². The Morgan fingerprint density at radius 2 is 1.15 bits per heavy atom. The van der Waals surface area contributed by atoms with Crippen molar-refractivity contribution in [2.45, 2.75) is 31.6 Å². The van der Waals surface area contributed by atoms with E-state index in [1.807, 2.05) is 0 Å². The number of benzene rings is 8. The second kappa shape index (κ2) is 12.3. The van der Waals surface area contributed by atoms with E-state index in [1.165, 1.54) is 30.3 Å². The van der Waals surface area contributed by atoms with E-state index < -0.39 is 148 Å². The lowest BCUT2D eigenvalue weighted by Crippen LogP contribution is -2.23. The smallest absolute Gasteiger partial charge is 0.0648 e. The van der Waals surface area contributed by atoms with E-state index in [4.69, 9.17) is 17.8 Å². The number of rotatable bonds is 6. The molecule has 2 aliphatic rings. The van der Waals surface area contributed by atoms with Gasteiger partial charge in [0.05, 0.1) is 32.9 Å². The van der Waals surface area contributed by atoms with Crippen LogP contribution in [0.5, 0.6) is 0 Å². The molecule has 1 nitrogen and oxygen atoms in total. The quantitative estimate of drug-likeness (QED) is 0.166. The van der Waals surface area contributed by atoms with Crippen LogP contribution in [0.1, 0.15) is 81.5 Å². The molecule has 0 heterocycles. The van der Waals surface area contributed by atoms with Gasteiger partial charge in [0.2, 0.25) is 0 Å². The predicted octanol–water partition coefficient (Wildman–Crippen LogP) is 14.1. The molecule has 0 spiro atoms. The lowest BCUT2D eigenvalue weighted by molar-refractivity contribution is 0.660. The zero-order valence-corrected chi connectivity index (χ0v) is 29.1. The third kappa shape index (κ3) is 4.92. The van der Waals surface area contributed by atoms with Crippen LogP contribution in [0.4, 0.5) is 17.1 Å². The highest BCUT2D eigenvalue weighted by atomic mass is 15.1. The van der Waals surface area contributed by atoms with Gasteiger partial charge in [0.25, 0.3) is 0 Å². The van der Waals surface area contributed by atoms with Crippen LogP contribution in [0, 0.1) is 0 Å². The van der Waals surface area contributed by atoms with Gasteiger partial charge in [-0.2, -0.15) is 0 Å². The van der Waals surface area contributed by atoms with Gasteiger partial charge in [-0.05, 0) is 122 Å². The SMILES string of the molecule is [2H]c1cc(-c2c([2H])cc(N(c3cc(C4(C)c5ccc([2H])c([2H])c5-c5c([2H])c([2H])cc([2H])c54)c([2H])c([2H])c3[2H])c3c([2H])c([2H])c4c(c3[2H])C(C)(C)c3c([2H])cc(-c5c([2H])c([2H])c([2H])c([2H])c5[2H])cc3-4)c([2H])c2[2H])c([2H])c([2H])c1[2H]. The normalized spacial score (nSPS) is 22.1. The minimum Gasteiger partial charge on any atom is -0.310 e. The van der Waals surface area contributed by atoms with Gasteiger partial charge in [0.1, 0.15) is 0 Å². The molecule has 8 aromatic carbocycles. The molecule has 10 rings (SSSR count). The topological polar surface area (TPSA) is 3.24 Å². The van der Waals surface area contributed by atoms with E-state index in [1.54, 1.807) is 20.8 Å². The first kappa shape index (κ1) is 15.9. The standard InChI is InChI=1S/C53H41N/c1-52(2)48-32-27-39(37-17-8-5-9-18-37)33-47(48)46-31-30-43(35-51(46)52)54(41-28-25-38(26-29-41)36-15-6-4-7-16-36)42-20-14-19-40(34-42)53(3)49-23-12-10-21-44(49)45-22-11-13-24-50(45)53/h4-35H,1-3H3/i4D,5D,6D,7D,8D,9D,10D,11D,14D,15D,17D,18D,19D,20D,21D,22D,23D,25D,26D,28D,30D,31D,32D,35D. The molecule has 1 heteroatoms. The minimum absolute atomic E-state index is 0.00734. The molecule has 258 valence electrons. The predicted molar refractivity (Wildman–Crippen MR) is 227 cm³/mol. The van der Waals surface area contributed by atoms with Crippen LogP contribution in [0.2, 0.25) is 0 Å². The lowest BCUT2D eigenvalue weighted by atomic mass is 9.74. The van der Waals surface area contributed by atoms with Gasteiger partial charge in [-0.15, -0.1) is 0 Å². The van der Waals surface area contributed by atoms with Crippen molar-refractivity contribution >= 4 is 17.1 Å². The number of fused-ring (bicyclic) bond motifs is 6. The van der Waals surface area contributed by atoms with Crippen LogP contribution in [0.15, 0.2) is 194 Å². The van der Waals surface area contributed by atoms with Crippen molar-refractivity contribution in [1.82, 2.24) is 0 Å². The second-order valence-electron chi connectivity index (χ2n) is 13.6. The van der Waals surface area contributed by atoms with Crippen LogP contribution in [-0.4, -0.2) is 0 Å². The molecular weight excluding hydrogens is 651 g/mol. The molecule has 0 saturated carbocycles. The molecule has 1 atom stereocenters. The van der Waals surface area contributed by atoms with Crippen LogP contribution in [-0.2, 0) is 10.8 Å². The number of nitrogens with zero attached hydrogens (tertiary/aromatic N) is 1. The van der Waals surface area contributed by atoms with Gasteiger partial charge in [-0.1, -0.05) is 165 Å². The van der Waals surface area contributed by atoms with Crippen molar-refractivity contribution in [2.75, 3.05) is 4.90 Å². The highest BCUT2D eigenvalue weighted by molar-refractivity contribution is 5.89. The molecule has 0 saturated heterocycles. The highest BCUT2D eigenvalue weighted by Gasteiger charge is 2.41. The molecule has 0 radical (unpaired) electrons. The molecule has 0 aliphatic heterocycles. The fraction of sp³-hybridized carbons (Fsp3) is 0.0943. The van der Waals surface area contributed by atoms with E-state index in [0.717, 1.165) is 23.1 Å². The summed E-state index contributed by atoms with van der Waals surface area (Å²) < 4.78 is 217. The molecule has 0 aromatic heterocycles. The van der Waals surface area contributed by atoms with Crippen molar-refractivity contribution in [1.29, 1.82) is 0 Å². The zero-order chi connectivity index (χ0) is 57.3. The highest BCUT2D eigenvalue weighted by Crippen LogP contribution is 2.54. The van der Waals surface area contributed by atoms with Gasteiger partial charge in [-0.25, -0.2) is 0 Å². The number of anilines is 3. The zero-order valence-electron chi connectivity index (χ0n) is 53.1. The van der Waals surface area contributed by atoms with E-state index in [2.05, 4.69) is 0 Å². The average Bonchev–Trinajstić information content (AvgIpc) is 4.06. The summed E-state index contributed by atoms with van der Waals surface area (Å²) in [5, 5.41) is 0. The molecule has 8 aromatic rings. The maximum atomic E-state index is 10.2. The van der Waals surface area contributed by atoms with Crippen LogP contribution in [0.25, 0.3) is 44.5 Å². The van der Waals surface area contributed by atoms with Crippen molar-refractivity contribution < 1.29 is 32.9 Å². The summed E-state index contributed by atoms with van der Waals surface area (Å²) in [5.41, 5.74) is -5.41. The molecule has 0 N–H and O–H groups in total. The third-order valence-corrected chi connectivity index (χ3v) is 10.3. The summed E-state index contributed by atoms with van der Waals surface area (Å²) in [5.74, 6) is 0. The Morgan fingerprint density at radius 3 is 2.02 bits per heavy atom. The van der Waals surface area contributed by atoms with Crippen molar-refractivity contribution in [3.63, 3.8) is 0 Å². The molecular formula is C53H41N. The minimum atomic E-state index is -1.79. The summed E-state index contributed by atoms with van der Waals surface area (Å²) in [6, 6.07) is -3.87. The summed E-state index contributed by atoms with van der Waals surface area (Å²) in [4.78, 5) is 0.959.